The third-order valence-corrected chi connectivity index (χ3v) is 7.16. The lowest BCUT2D eigenvalue weighted by atomic mass is 9.98. The minimum atomic E-state index is -0.313. The largest absolute Gasteiger partial charge is 0.342 e. The van der Waals surface area contributed by atoms with E-state index in [1.807, 2.05) is 11.8 Å². The smallest absolute Gasteiger partial charge is 0.274 e. The SMILES string of the molecule is Cc1nc(C(=O)N2CCCC[C@H]2Cc2ncc(-c3ccc(F)cc3)[nH]2)c(-c2ccc(F)cc2)s1. The zero-order valence-electron chi connectivity index (χ0n) is 18.7. The second kappa shape index (κ2) is 9.46. The average Bonchev–Trinajstić information content (AvgIpc) is 3.47. The lowest BCUT2D eigenvalue weighted by molar-refractivity contribution is 0.0606. The predicted molar refractivity (Wildman–Crippen MR) is 129 cm³/mol. The quantitative estimate of drug-likeness (QED) is 0.381. The molecule has 1 amide bonds. The Labute approximate surface area is 200 Å². The molecule has 3 heterocycles. The van der Waals surface area contributed by atoms with Crippen molar-refractivity contribution < 1.29 is 13.6 Å². The molecule has 1 N–H and O–H groups in total. The van der Waals surface area contributed by atoms with Crippen molar-refractivity contribution >= 4 is 17.2 Å². The van der Waals surface area contributed by atoms with Crippen LogP contribution in [0.5, 0.6) is 0 Å². The number of hydrogen-bond acceptors (Lipinski definition) is 4. The number of imidazole rings is 1. The number of aryl methyl sites for hydroxylation is 1. The molecule has 0 bridgehead atoms. The van der Waals surface area contributed by atoms with Crippen molar-refractivity contribution in [2.45, 2.75) is 38.6 Å². The summed E-state index contributed by atoms with van der Waals surface area (Å²) in [5.41, 5.74) is 2.89. The summed E-state index contributed by atoms with van der Waals surface area (Å²) in [4.78, 5) is 28.7. The molecule has 4 aromatic rings. The first-order valence-corrected chi connectivity index (χ1v) is 12.1. The molecule has 8 heteroatoms. The Hall–Kier alpha value is -3.39. The number of hydrogen-bond donors (Lipinski definition) is 1. The molecule has 2 aromatic carbocycles. The third-order valence-electron chi connectivity index (χ3n) is 6.14. The molecule has 1 saturated heterocycles. The Morgan fingerprint density at radius 2 is 1.74 bits per heavy atom. The van der Waals surface area contributed by atoms with Crippen LogP contribution in [0.4, 0.5) is 8.78 Å². The first-order chi connectivity index (χ1) is 16.5. The highest BCUT2D eigenvalue weighted by Crippen LogP contribution is 2.33. The highest BCUT2D eigenvalue weighted by molar-refractivity contribution is 7.15. The van der Waals surface area contributed by atoms with E-state index in [2.05, 4.69) is 15.0 Å². The summed E-state index contributed by atoms with van der Waals surface area (Å²) >= 11 is 1.45. The van der Waals surface area contributed by atoms with Crippen LogP contribution in [0.2, 0.25) is 0 Å². The zero-order chi connectivity index (χ0) is 23.7. The van der Waals surface area contributed by atoms with Crippen molar-refractivity contribution in [3.8, 4) is 21.7 Å². The molecule has 34 heavy (non-hydrogen) atoms. The molecular formula is C26H24F2N4OS. The van der Waals surface area contributed by atoms with Gasteiger partial charge in [-0.3, -0.25) is 4.79 Å². The number of H-pyrrole nitrogens is 1. The number of nitrogens with one attached hydrogen (secondary N) is 1. The minimum absolute atomic E-state index is 0.00320. The van der Waals surface area contributed by atoms with Crippen LogP contribution in [0.15, 0.2) is 54.7 Å². The number of piperidine rings is 1. The number of benzene rings is 2. The number of aromatic amines is 1. The van der Waals surface area contributed by atoms with Gasteiger partial charge in [0, 0.05) is 19.0 Å². The summed E-state index contributed by atoms with van der Waals surface area (Å²) in [6.07, 6.45) is 5.21. The van der Waals surface area contributed by atoms with Gasteiger partial charge in [-0.15, -0.1) is 11.3 Å². The molecule has 1 aliphatic rings. The Kier molecular flexibility index (Phi) is 6.24. The summed E-state index contributed by atoms with van der Waals surface area (Å²) in [5, 5.41) is 0.797. The number of carbonyl (C=O) groups excluding carboxylic acids is 1. The molecule has 174 valence electrons. The fourth-order valence-electron chi connectivity index (χ4n) is 4.45. The van der Waals surface area contributed by atoms with E-state index < -0.39 is 0 Å². The zero-order valence-corrected chi connectivity index (χ0v) is 19.5. The standard InChI is InChI=1S/C26H24F2N4OS/c1-16-30-24(25(34-16)18-7-11-20(28)12-8-18)26(33)32-13-3-2-4-21(32)14-23-29-15-22(31-23)17-5-9-19(27)10-6-17/h5-12,15,21H,2-4,13-14H2,1H3,(H,29,31)/t21-/m0/s1. The summed E-state index contributed by atoms with van der Waals surface area (Å²) in [7, 11) is 0. The lowest BCUT2D eigenvalue weighted by Crippen LogP contribution is -2.45. The van der Waals surface area contributed by atoms with E-state index in [1.54, 1.807) is 30.5 Å². The number of rotatable bonds is 5. The monoisotopic (exact) mass is 478 g/mol. The van der Waals surface area contributed by atoms with E-state index in [0.29, 0.717) is 18.7 Å². The Morgan fingerprint density at radius 3 is 2.44 bits per heavy atom. The molecule has 0 aliphatic carbocycles. The molecule has 0 radical (unpaired) electrons. The number of thiazole rings is 1. The number of amides is 1. The lowest BCUT2D eigenvalue weighted by Gasteiger charge is -2.35. The van der Waals surface area contributed by atoms with Crippen molar-refractivity contribution in [2.75, 3.05) is 6.54 Å². The van der Waals surface area contributed by atoms with Gasteiger partial charge in [0.05, 0.1) is 21.8 Å². The summed E-state index contributed by atoms with van der Waals surface area (Å²) in [5.74, 6) is 0.0977. The van der Waals surface area contributed by atoms with E-state index in [-0.39, 0.29) is 23.6 Å². The van der Waals surface area contributed by atoms with Crippen LogP contribution in [-0.2, 0) is 6.42 Å². The second-order valence-corrected chi connectivity index (χ2v) is 9.72. The molecule has 2 aromatic heterocycles. The Morgan fingerprint density at radius 1 is 1.06 bits per heavy atom. The highest BCUT2D eigenvalue weighted by atomic mass is 32.1. The molecular weight excluding hydrogens is 454 g/mol. The summed E-state index contributed by atoms with van der Waals surface area (Å²) in [6.45, 7) is 2.54. The van der Waals surface area contributed by atoms with E-state index in [1.165, 1.54) is 35.6 Å². The van der Waals surface area contributed by atoms with Gasteiger partial charge in [0.25, 0.3) is 5.91 Å². The average molecular weight is 479 g/mol. The van der Waals surface area contributed by atoms with Crippen LogP contribution in [0, 0.1) is 18.6 Å². The van der Waals surface area contributed by atoms with Crippen molar-refractivity contribution in [1.29, 1.82) is 0 Å². The van der Waals surface area contributed by atoms with Gasteiger partial charge in [-0.1, -0.05) is 12.1 Å². The van der Waals surface area contributed by atoms with Gasteiger partial charge in [-0.25, -0.2) is 18.7 Å². The third kappa shape index (κ3) is 4.63. The number of carbonyl (C=O) groups is 1. The maximum atomic E-state index is 13.7. The van der Waals surface area contributed by atoms with Crippen LogP contribution >= 0.6 is 11.3 Å². The second-order valence-electron chi connectivity index (χ2n) is 8.52. The van der Waals surface area contributed by atoms with E-state index in [0.717, 1.165) is 51.8 Å². The van der Waals surface area contributed by atoms with Gasteiger partial charge in [-0.05, 0) is 73.7 Å². The first kappa shape index (κ1) is 22.4. The fourth-order valence-corrected chi connectivity index (χ4v) is 5.37. The van der Waals surface area contributed by atoms with Crippen LogP contribution in [0.25, 0.3) is 21.7 Å². The topological polar surface area (TPSA) is 61.9 Å². The van der Waals surface area contributed by atoms with Crippen LogP contribution in [0.3, 0.4) is 0 Å². The van der Waals surface area contributed by atoms with Gasteiger partial charge in [0.2, 0.25) is 0 Å². The summed E-state index contributed by atoms with van der Waals surface area (Å²) in [6, 6.07) is 12.4. The number of halogens is 2. The fraction of sp³-hybridized carbons (Fsp3) is 0.269. The highest BCUT2D eigenvalue weighted by Gasteiger charge is 2.31. The molecule has 1 atom stereocenters. The predicted octanol–water partition coefficient (Wildman–Crippen LogP) is 6.02. The minimum Gasteiger partial charge on any atom is -0.342 e. The van der Waals surface area contributed by atoms with Crippen molar-refractivity contribution in [1.82, 2.24) is 19.9 Å². The van der Waals surface area contributed by atoms with Crippen LogP contribution in [-0.4, -0.2) is 38.3 Å². The van der Waals surface area contributed by atoms with E-state index >= 15 is 0 Å². The van der Waals surface area contributed by atoms with Gasteiger partial charge < -0.3 is 9.88 Å². The van der Waals surface area contributed by atoms with Crippen LogP contribution < -0.4 is 0 Å². The van der Waals surface area contributed by atoms with Gasteiger partial charge in [-0.2, -0.15) is 0 Å². The summed E-state index contributed by atoms with van der Waals surface area (Å²) < 4.78 is 26.7. The molecule has 5 nitrogen and oxygen atoms in total. The van der Waals surface area contributed by atoms with Gasteiger partial charge in [0.1, 0.15) is 23.2 Å². The van der Waals surface area contributed by atoms with Crippen molar-refractivity contribution in [3.63, 3.8) is 0 Å². The molecule has 1 aliphatic heterocycles. The van der Waals surface area contributed by atoms with E-state index in [9.17, 15) is 13.6 Å². The van der Waals surface area contributed by atoms with E-state index in [4.69, 9.17) is 0 Å². The maximum absolute atomic E-state index is 13.7. The van der Waals surface area contributed by atoms with Crippen LogP contribution in [0.1, 0.15) is 40.6 Å². The first-order valence-electron chi connectivity index (χ1n) is 11.3. The normalized spacial score (nSPS) is 16.1. The molecule has 0 unspecified atom stereocenters. The Bertz CT molecular complexity index is 1300. The number of aromatic nitrogens is 3. The molecule has 5 rings (SSSR count). The van der Waals surface area contributed by atoms with Crippen molar-refractivity contribution in [2.24, 2.45) is 0 Å². The maximum Gasteiger partial charge on any atom is 0.274 e. The van der Waals surface area contributed by atoms with Gasteiger partial charge >= 0.3 is 0 Å². The van der Waals surface area contributed by atoms with Crippen molar-refractivity contribution in [3.05, 3.63) is 82.9 Å². The molecule has 0 saturated carbocycles. The number of likely N-dealkylation sites (tertiary alicyclic amines) is 1. The molecule has 0 spiro atoms. The molecule has 1 fully saturated rings. The Balaban J connectivity index is 1.38. The van der Waals surface area contributed by atoms with Gasteiger partial charge in [0.15, 0.2) is 0 Å². The number of nitrogens with zero attached hydrogens (tertiary/aromatic N) is 3.